The first-order valence-corrected chi connectivity index (χ1v) is 6.26. The summed E-state index contributed by atoms with van der Waals surface area (Å²) < 4.78 is 13.2. The maximum absolute atomic E-state index is 13.2. The molecule has 0 aliphatic rings. The summed E-state index contributed by atoms with van der Waals surface area (Å²) in [7, 11) is 1.99. The Kier molecular flexibility index (Phi) is 5.70. The number of hydrogen-bond donors (Lipinski definition) is 1. The molecule has 0 atom stereocenters. The van der Waals surface area contributed by atoms with Gasteiger partial charge >= 0.3 is 5.97 Å². The number of carboxylic acids is 1. The summed E-state index contributed by atoms with van der Waals surface area (Å²) in [6.07, 6.45) is 2.46. The Labute approximate surface area is 113 Å². The van der Waals surface area contributed by atoms with Crippen LogP contribution in [-0.4, -0.2) is 29.6 Å². The number of aliphatic carboxylic acids is 1. The third kappa shape index (κ3) is 5.66. The molecule has 0 aliphatic carbocycles. The van der Waals surface area contributed by atoms with Crippen molar-refractivity contribution < 1.29 is 14.3 Å². The molecule has 3 nitrogen and oxygen atoms in total. The first kappa shape index (κ1) is 15.4. The highest BCUT2D eigenvalue weighted by Gasteiger charge is 2.07. The molecule has 0 bridgehead atoms. The van der Waals surface area contributed by atoms with Gasteiger partial charge in [0.25, 0.3) is 0 Å². The van der Waals surface area contributed by atoms with Crippen molar-refractivity contribution in [3.63, 3.8) is 0 Å². The Bertz CT molecular complexity index is 469. The monoisotopic (exact) mass is 265 g/mol. The summed E-state index contributed by atoms with van der Waals surface area (Å²) in [5, 5.41) is 8.64. The van der Waals surface area contributed by atoms with E-state index in [1.54, 1.807) is 6.07 Å². The molecule has 0 fully saturated rings. The van der Waals surface area contributed by atoms with Crippen LogP contribution in [0.15, 0.2) is 24.3 Å². The van der Waals surface area contributed by atoms with Crippen LogP contribution in [0.5, 0.6) is 0 Å². The third-order valence-electron chi connectivity index (χ3n) is 2.63. The van der Waals surface area contributed by atoms with Gasteiger partial charge in [0, 0.05) is 19.2 Å². The molecule has 104 valence electrons. The number of benzene rings is 1. The molecule has 0 radical (unpaired) electrons. The molecular weight excluding hydrogens is 245 g/mol. The summed E-state index contributed by atoms with van der Waals surface area (Å²) >= 11 is 0. The topological polar surface area (TPSA) is 40.5 Å². The Morgan fingerprint density at radius 3 is 2.74 bits per heavy atom. The van der Waals surface area contributed by atoms with Crippen molar-refractivity contribution >= 4 is 12.0 Å². The van der Waals surface area contributed by atoms with E-state index in [9.17, 15) is 9.18 Å². The average molecular weight is 265 g/mol. The molecule has 0 aromatic heterocycles. The number of nitrogens with zero attached hydrogens (tertiary/aromatic N) is 1. The van der Waals surface area contributed by atoms with Gasteiger partial charge in [-0.3, -0.25) is 0 Å². The first-order valence-electron chi connectivity index (χ1n) is 6.26. The zero-order chi connectivity index (χ0) is 14.4. The van der Waals surface area contributed by atoms with E-state index in [1.807, 2.05) is 7.05 Å². The largest absolute Gasteiger partial charge is 0.478 e. The van der Waals surface area contributed by atoms with Crippen LogP contribution in [0.2, 0.25) is 0 Å². The van der Waals surface area contributed by atoms with E-state index in [1.165, 1.54) is 18.2 Å². The number of hydrogen-bond acceptors (Lipinski definition) is 2. The maximum atomic E-state index is 13.2. The zero-order valence-corrected chi connectivity index (χ0v) is 11.6. The summed E-state index contributed by atoms with van der Waals surface area (Å²) in [5.41, 5.74) is 1.53. The van der Waals surface area contributed by atoms with Gasteiger partial charge in [-0.2, -0.15) is 0 Å². The van der Waals surface area contributed by atoms with E-state index < -0.39 is 5.97 Å². The molecule has 1 aromatic rings. The van der Waals surface area contributed by atoms with Gasteiger partial charge in [0.1, 0.15) is 5.82 Å². The lowest BCUT2D eigenvalue weighted by Crippen LogP contribution is -2.23. The molecule has 0 saturated heterocycles. The van der Waals surface area contributed by atoms with Gasteiger partial charge in [-0.1, -0.05) is 19.9 Å². The maximum Gasteiger partial charge on any atom is 0.328 e. The molecule has 0 unspecified atom stereocenters. The summed E-state index contributed by atoms with van der Waals surface area (Å²) in [6.45, 7) is 5.86. The molecule has 0 spiro atoms. The number of halogens is 1. The Morgan fingerprint density at radius 2 is 2.16 bits per heavy atom. The fourth-order valence-corrected chi connectivity index (χ4v) is 2.00. The molecule has 0 heterocycles. The quantitative estimate of drug-likeness (QED) is 0.804. The van der Waals surface area contributed by atoms with Crippen molar-refractivity contribution in [2.75, 3.05) is 13.6 Å². The van der Waals surface area contributed by atoms with E-state index in [4.69, 9.17) is 5.11 Å². The molecular formula is C15H20FNO2. The lowest BCUT2D eigenvalue weighted by atomic mass is 10.1. The normalized spacial score (nSPS) is 11.7. The zero-order valence-electron chi connectivity index (χ0n) is 11.6. The molecule has 0 aliphatic heterocycles. The van der Waals surface area contributed by atoms with Crippen molar-refractivity contribution in [1.82, 2.24) is 4.90 Å². The van der Waals surface area contributed by atoms with Crippen LogP contribution in [0.25, 0.3) is 6.08 Å². The van der Waals surface area contributed by atoms with Gasteiger partial charge in [-0.15, -0.1) is 0 Å². The Balaban J connectivity index is 2.90. The van der Waals surface area contributed by atoms with Gasteiger partial charge < -0.3 is 10.0 Å². The van der Waals surface area contributed by atoms with Crippen LogP contribution in [-0.2, 0) is 11.3 Å². The van der Waals surface area contributed by atoms with E-state index in [2.05, 4.69) is 18.7 Å². The van der Waals surface area contributed by atoms with Crippen molar-refractivity contribution in [2.24, 2.45) is 5.92 Å². The lowest BCUT2D eigenvalue weighted by molar-refractivity contribution is -0.131. The van der Waals surface area contributed by atoms with Crippen molar-refractivity contribution in [3.8, 4) is 0 Å². The van der Waals surface area contributed by atoms with E-state index in [0.717, 1.165) is 18.2 Å². The highest BCUT2D eigenvalue weighted by atomic mass is 19.1. The third-order valence-corrected chi connectivity index (χ3v) is 2.63. The fourth-order valence-electron chi connectivity index (χ4n) is 2.00. The molecule has 1 N–H and O–H groups in total. The summed E-state index contributed by atoms with van der Waals surface area (Å²) in [4.78, 5) is 12.7. The Morgan fingerprint density at radius 1 is 1.47 bits per heavy atom. The van der Waals surface area contributed by atoms with Crippen LogP contribution in [0.1, 0.15) is 25.0 Å². The molecule has 0 saturated carbocycles. The second-order valence-corrected chi connectivity index (χ2v) is 5.11. The van der Waals surface area contributed by atoms with Gasteiger partial charge in [0.2, 0.25) is 0 Å². The van der Waals surface area contributed by atoms with Gasteiger partial charge in [-0.05, 0) is 42.3 Å². The molecule has 19 heavy (non-hydrogen) atoms. The van der Waals surface area contributed by atoms with Crippen LogP contribution in [0, 0.1) is 11.7 Å². The average Bonchev–Trinajstić information content (AvgIpc) is 2.28. The SMILES string of the molecule is CC(C)CN(C)Cc1ccc(F)cc1/C=C/C(=O)O. The van der Waals surface area contributed by atoms with Crippen molar-refractivity contribution in [1.29, 1.82) is 0 Å². The number of carboxylic acid groups (broad SMARTS) is 1. The molecule has 4 heteroatoms. The van der Waals surface area contributed by atoms with Crippen molar-refractivity contribution in [3.05, 3.63) is 41.2 Å². The smallest absolute Gasteiger partial charge is 0.328 e. The summed E-state index contributed by atoms with van der Waals surface area (Å²) in [6, 6.07) is 4.46. The second-order valence-electron chi connectivity index (χ2n) is 5.11. The standard InChI is InChI=1S/C15H20FNO2/c1-11(2)9-17(3)10-13-4-6-14(16)8-12(13)5-7-15(18)19/h4-8,11H,9-10H2,1-3H3,(H,18,19)/b7-5+. The minimum absolute atomic E-state index is 0.361. The minimum atomic E-state index is -1.04. The van der Waals surface area contributed by atoms with E-state index >= 15 is 0 Å². The number of carbonyl (C=O) groups is 1. The van der Waals surface area contributed by atoms with E-state index in [-0.39, 0.29) is 5.82 Å². The fraction of sp³-hybridized carbons (Fsp3) is 0.400. The van der Waals surface area contributed by atoms with Gasteiger partial charge in [0.05, 0.1) is 0 Å². The highest BCUT2D eigenvalue weighted by molar-refractivity contribution is 5.85. The van der Waals surface area contributed by atoms with Crippen LogP contribution < -0.4 is 0 Å². The Hall–Kier alpha value is -1.68. The number of rotatable bonds is 6. The van der Waals surface area contributed by atoms with Gasteiger partial charge in [0.15, 0.2) is 0 Å². The van der Waals surface area contributed by atoms with E-state index in [0.29, 0.717) is 18.0 Å². The molecule has 0 amide bonds. The van der Waals surface area contributed by atoms with Crippen molar-refractivity contribution in [2.45, 2.75) is 20.4 Å². The predicted octanol–water partition coefficient (Wildman–Crippen LogP) is 3.01. The summed E-state index contributed by atoms with van der Waals surface area (Å²) in [5.74, 6) is -0.852. The van der Waals surface area contributed by atoms with Crippen LogP contribution >= 0.6 is 0 Å². The lowest BCUT2D eigenvalue weighted by Gasteiger charge is -2.20. The highest BCUT2D eigenvalue weighted by Crippen LogP contribution is 2.15. The van der Waals surface area contributed by atoms with Crippen LogP contribution in [0.3, 0.4) is 0 Å². The molecule has 1 rings (SSSR count). The van der Waals surface area contributed by atoms with Crippen LogP contribution in [0.4, 0.5) is 4.39 Å². The first-order chi connectivity index (χ1) is 8.88. The second kappa shape index (κ2) is 7.04. The molecule has 1 aromatic carbocycles. The van der Waals surface area contributed by atoms with Gasteiger partial charge in [-0.25, -0.2) is 9.18 Å². The minimum Gasteiger partial charge on any atom is -0.478 e. The predicted molar refractivity (Wildman–Crippen MR) is 74.2 cm³/mol.